The van der Waals surface area contributed by atoms with E-state index in [9.17, 15) is 31.2 Å². The number of nitrogens with zero attached hydrogens (tertiary/aromatic N) is 1. The highest BCUT2D eigenvalue weighted by Crippen LogP contribution is 2.41. The van der Waals surface area contributed by atoms with Crippen LogP contribution in [-0.2, 0) is 19.6 Å². The van der Waals surface area contributed by atoms with E-state index >= 15 is 0 Å². The van der Waals surface area contributed by atoms with Crippen molar-refractivity contribution < 1.29 is 45.4 Å². The number of anilines is 2. The number of rotatable bonds is 10. The van der Waals surface area contributed by atoms with Gasteiger partial charge in [-0.3, -0.25) is 9.62 Å². The molecule has 9 nitrogen and oxygen atoms in total. The first-order chi connectivity index (χ1) is 18.1. The van der Waals surface area contributed by atoms with Crippen LogP contribution < -0.4 is 19.1 Å². The molecule has 0 aliphatic carbocycles. The molecule has 13 heteroatoms. The van der Waals surface area contributed by atoms with Gasteiger partial charge in [-0.2, -0.15) is 0 Å². The topological polar surface area (TPSA) is 111 Å². The van der Waals surface area contributed by atoms with Gasteiger partial charge in [-0.15, -0.1) is 0 Å². The summed E-state index contributed by atoms with van der Waals surface area (Å²) in [6, 6.07) is 7.19. The van der Waals surface area contributed by atoms with E-state index in [1.54, 1.807) is 0 Å². The molecule has 1 heterocycles. The summed E-state index contributed by atoms with van der Waals surface area (Å²) in [4.78, 5) is 23.8. The van der Waals surface area contributed by atoms with Gasteiger partial charge in [0.1, 0.15) is 17.6 Å². The second kappa shape index (κ2) is 11.3. The zero-order valence-corrected chi connectivity index (χ0v) is 23.0. The Labute approximate surface area is 225 Å². The lowest BCUT2D eigenvalue weighted by molar-refractivity contribution is -0.159. The summed E-state index contributed by atoms with van der Waals surface area (Å²) in [6.45, 7) is 4.43. The maximum atomic E-state index is 14.0. The van der Waals surface area contributed by atoms with E-state index in [1.807, 2.05) is 0 Å². The number of hydrogen-bond acceptors (Lipinski definition) is 7. The third-order valence-electron chi connectivity index (χ3n) is 6.59. The average Bonchev–Trinajstić information content (AvgIpc) is 2.86. The maximum absolute atomic E-state index is 14.0. The van der Waals surface area contributed by atoms with Gasteiger partial charge in [-0.25, -0.2) is 26.4 Å². The zero-order valence-electron chi connectivity index (χ0n) is 22.2. The Morgan fingerprint density at radius 3 is 2.46 bits per heavy atom. The molecule has 2 atom stereocenters. The molecule has 1 N–H and O–H groups in total. The first-order valence-corrected chi connectivity index (χ1v) is 13.6. The lowest BCUT2D eigenvalue weighted by Crippen LogP contribution is -2.47. The number of amides is 1. The maximum Gasteiger partial charge on any atom is 0.412 e. The third-order valence-corrected chi connectivity index (χ3v) is 8.36. The molecule has 39 heavy (non-hydrogen) atoms. The molecule has 0 spiro atoms. The average molecular weight is 573 g/mol. The molecule has 2 unspecified atom stereocenters. The van der Waals surface area contributed by atoms with E-state index in [4.69, 9.17) is 14.2 Å². The minimum absolute atomic E-state index is 0.0363. The molecule has 1 aliphatic rings. The standard InChI is InChI=1S/C26H31F3N2O7S/c1-6-25(3,26(4,28)29)38-24(33)30-17-8-12-22-21(13-17)31(15-18(37-22)9-7-16(2)32)39(34,35)19-10-11-20(27)23(14-19)36-5/h8,10-14,18H,6-7,9,15H2,1-5H3,(H,30,33). The Kier molecular flexibility index (Phi) is 8.73. The number of carbonyl (C=O) groups is 2. The first-order valence-electron chi connectivity index (χ1n) is 12.2. The smallest absolute Gasteiger partial charge is 0.412 e. The Hall–Kier alpha value is -3.48. The van der Waals surface area contributed by atoms with Crippen molar-refractivity contribution in [2.45, 2.75) is 69.5 Å². The fourth-order valence-corrected chi connectivity index (χ4v) is 5.39. The minimum Gasteiger partial charge on any atom is -0.494 e. The largest absolute Gasteiger partial charge is 0.494 e. The van der Waals surface area contributed by atoms with Gasteiger partial charge in [0.2, 0.25) is 0 Å². The molecule has 0 saturated heterocycles. The second-order valence-electron chi connectivity index (χ2n) is 9.48. The third kappa shape index (κ3) is 6.57. The number of ether oxygens (including phenoxy) is 3. The Morgan fingerprint density at radius 1 is 1.18 bits per heavy atom. The summed E-state index contributed by atoms with van der Waals surface area (Å²) in [5.41, 5.74) is -1.98. The van der Waals surface area contributed by atoms with Crippen molar-refractivity contribution in [1.29, 1.82) is 0 Å². The van der Waals surface area contributed by atoms with E-state index < -0.39 is 39.6 Å². The highest BCUT2D eigenvalue weighted by molar-refractivity contribution is 7.92. The summed E-state index contributed by atoms with van der Waals surface area (Å²) in [6.07, 6.45) is -1.60. The molecule has 1 amide bonds. The molecule has 0 fully saturated rings. The molecule has 214 valence electrons. The van der Waals surface area contributed by atoms with Crippen LogP contribution in [0.15, 0.2) is 41.3 Å². The van der Waals surface area contributed by atoms with Crippen LogP contribution in [0, 0.1) is 5.82 Å². The highest BCUT2D eigenvalue weighted by atomic mass is 32.2. The van der Waals surface area contributed by atoms with Crippen molar-refractivity contribution in [3.63, 3.8) is 0 Å². The quantitative estimate of drug-likeness (QED) is 0.398. The predicted octanol–water partition coefficient (Wildman–Crippen LogP) is 5.53. The molecule has 3 rings (SSSR count). The highest BCUT2D eigenvalue weighted by Gasteiger charge is 2.48. The van der Waals surface area contributed by atoms with Crippen LogP contribution in [-0.4, -0.2) is 51.6 Å². The van der Waals surface area contributed by atoms with Crippen LogP contribution in [0.5, 0.6) is 11.5 Å². The number of Topliss-reactive ketones (excluding diaryl/α,β-unsaturated/α-hetero) is 1. The molecule has 0 bridgehead atoms. The summed E-state index contributed by atoms with van der Waals surface area (Å²) in [5, 5.41) is 2.36. The molecule has 2 aromatic carbocycles. The number of fused-ring (bicyclic) bond motifs is 1. The molecule has 1 aliphatic heterocycles. The van der Waals surface area contributed by atoms with E-state index in [2.05, 4.69) is 5.32 Å². The lowest BCUT2D eigenvalue weighted by Gasteiger charge is -2.36. The van der Waals surface area contributed by atoms with Crippen LogP contribution in [0.4, 0.5) is 29.3 Å². The van der Waals surface area contributed by atoms with Crippen LogP contribution in [0.1, 0.15) is 47.0 Å². The molecular formula is C26H31F3N2O7S. The second-order valence-corrected chi connectivity index (χ2v) is 11.3. The van der Waals surface area contributed by atoms with Crippen molar-refractivity contribution in [3.05, 3.63) is 42.2 Å². The van der Waals surface area contributed by atoms with Gasteiger partial charge in [0, 0.05) is 25.1 Å². The number of nitrogens with one attached hydrogen (secondary N) is 1. The van der Waals surface area contributed by atoms with Crippen molar-refractivity contribution in [1.82, 2.24) is 0 Å². The van der Waals surface area contributed by atoms with Gasteiger partial charge >= 0.3 is 6.09 Å². The minimum atomic E-state index is -4.32. The number of sulfonamides is 1. The van der Waals surface area contributed by atoms with E-state index in [1.165, 1.54) is 39.2 Å². The number of carbonyl (C=O) groups excluding carboxylic acids is 2. The molecule has 0 aromatic heterocycles. The Balaban J connectivity index is 1.99. The SMILES string of the molecule is CCC(C)(OC(=O)Nc1ccc2c(c1)N(S(=O)(=O)c1ccc(F)c(OC)c1)CC(CCC(C)=O)O2)C(C)(F)F. The number of alkyl halides is 2. The molecule has 2 aromatic rings. The Morgan fingerprint density at radius 2 is 1.87 bits per heavy atom. The van der Waals surface area contributed by atoms with E-state index in [0.29, 0.717) is 6.92 Å². The van der Waals surface area contributed by atoms with Gasteiger partial charge in [0.25, 0.3) is 15.9 Å². The fraction of sp³-hybridized carbons (Fsp3) is 0.462. The summed E-state index contributed by atoms with van der Waals surface area (Å²) in [5.74, 6) is -4.30. The summed E-state index contributed by atoms with van der Waals surface area (Å²) in [7, 11) is -3.11. The molecule has 0 saturated carbocycles. The number of methoxy groups -OCH3 is 1. The lowest BCUT2D eigenvalue weighted by atomic mass is 9.96. The van der Waals surface area contributed by atoms with Crippen molar-refractivity contribution in [2.75, 3.05) is 23.3 Å². The van der Waals surface area contributed by atoms with Crippen molar-refractivity contribution in [2.24, 2.45) is 0 Å². The summed E-state index contributed by atoms with van der Waals surface area (Å²) >= 11 is 0. The number of ketones is 1. The van der Waals surface area contributed by atoms with Gasteiger partial charge < -0.3 is 19.0 Å². The molecule has 0 radical (unpaired) electrons. The van der Waals surface area contributed by atoms with Crippen LogP contribution in [0.25, 0.3) is 0 Å². The van der Waals surface area contributed by atoms with Crippen LogP contribution in [0.3, 0.4) is 0 Å². The van der Waals surface area contributed by atoms with Crippen LogP contribution in [0.2, 0.25) is 0 Å². The van der Waals surface area contributed by atoms with Gasteiger partial charge in [0.15, 0.2) is 17.2 Å². The molecular weight excluding hydrogens is 541 g/mol. The van der Waals surface area contributed by atoms with E-state index in [0.717, 1.165) is 29.4 Å². The van der Waals surface area contributed by atoms with Gasteiger partial charge in [-0.1, -0.05) is 6.92 Å². The number of halogens is 3. The van der Waals surface area contributed by atoms with Gasteiger partial charge in [-0.05, 0) is 57.0 Å². The summed E-state index contributed by atoms with van der Waals surface area (Å²) < 4.78 is 86.3. The monoisotopic (exact) mass is 572 g/mol. The van der Waals surface area contributed by atoms with Crippen molar-refractivity contribution in [3.8, 4) is 11.5 Å². The number of hydrogen-bond donors (Lipinski definition) is 1. The normalized spacial score (nSPS) is 16.9. The van der Waals surface area contributed by atoms with Crippen molar-refractivity contribution >= 4 is 33.3 Å². The zero-order chi connectivity index (χ0) is 29.2. The first kappa shape index (κ1) is 30.1. The predicted molar refractivity (Wildman–Crippen MR) is 138 cm³/mol. The van der Waals surface area contributed by atoms with Crippen LogP contribution >= 0.6 is 0 Å². The van der Waals surface area contributed by atoms with E-state index in [-0.39, 0.29) is 59.4 Å². The van der Waals surface area contributed by atoms with Gasteiger partial charge in [0.05, 0.1) is 24.2 Å². The fourth-order valence-electron chi connectivity index (χ4n) is 3.88. The Bertz CT molecular complexity index is 1350. The number of benzene rings is 2.